The van der Waals surface area contributed by atoms with Crippen molar-refractivity contribution < 1.29 is 4.79 Å². The number of nitrogens with zero attached hydrogens (tertiary/aromatic N) is 2. The highest BCUT2D eigenvalue weighted by molar-refractivity contribution is 5.78. The summed E-state index contributed by atoms with van der Waals surface area (Å²) in [5.74, 6) is 0.418. The van der Waals surface area contributed by atoms with Crippen LogP contribution in [0.15, 0.2) is 18.7 Å². The molecule has 0 amide bonds. The number of carbonyl (C=O) groups is 1. The molecule has 0 spiro atoms. The zero-order chi connectivity index (χ0) is 12.3. The first-order chi connectivity index (χ1) is 8.33. The molecule has 96 valence electrons. The van der Waals surface area contributed by atoms with Crippen molar-refractivity contribution in [3.8, 4) is 0 Å². The van der Waals surface area contributed by atoms with Gasteiger partial charge in [0.05, 0.1) is 6.33 Å². The van der Waals surface area contributed by atoms with E-state index >= 15 is 0 Å². The third-order valence-corrected chi connectivity index (χ3v) is 2.99. The summed E-state index contributed by atoms with van der Waals surface area (Å²) in [5.41, 5.74) is 0. The van der Waals surface area contributed by atoms with Crippen LogP contribution in [-0.4, -0.2) is 15.3 Å². The van der Waals surface area contributed by atoms with Gasteiger partial charge in [-0.05, 0) is 12.8 Å². The van der Waals surface area contributed by atoms with Gasteiger partial charge in [-0.25, -0.2) is 4.98 Å². The van der Waals surface area contributed by atoms with Gasteiger partial charge in [-0.15, -0.1) is 0 Å². The lowest BCUT2D eigenvalue weighted by Crippen LogP contribution is -2.01. The van der Waals surface area contributed by atoms with Crippen molar-refractivity contribution in [2.24, 2.45) is 0 Å². The molecule has 0 aromatic carbocycles. The Morgan fingerprint density at radius 3 is 2.59 bits per heavy atom. The summed E-state index contributed by atoms with van der Waals surface area (Å²) in [7, 11) is 0. The van der Waals surface area contributed by atoms with Crippen LogP contribution in [0.5, 0.6) is 0 Å². The van der Waals surface area contributed by atoms with Crippen LogP contribution in [0, 0.1) is 0 Å². The van der Waals surface area contributed by atoms with Gasteiger partial charge in [-0.3, -0.25) is 4.79 Å². The monoisotopic (exact) mass is 236 g/mol. The zero-order valence-electron chi connectivity index (χ0n) is 10.9. The molecule has 3 heteroatoms. The molecule has 1 rings (SSSR count). The molecule has 1 heterocycles. The number of aryl methyl sites for hydroxylation is 1. The molecule has 0 aliphatic carbocycles. The molecule has 0 aliphatic heterocycles. The smallest absolute Gasteiger partial charge is 0.132 e. The van der Waals surface area contributed by atoms with Crippen LogP contribution in [0.1, 0.15) is 58.3 Å². The molecule has 0 fully saturated rings. The fourth-order valence-corrected chi connectivity index (χ4v) is 1.93. The first kappa shape index (κ1) is 13.9. The van der Waals surface area contributed by atoms with E-state index in [2.05, 4.69) is 11.9 Å². The summed E-state index contributed by atoms with van der Waals surface area (Å²) in [6.45, 7) is 3.11. The highest BCUT2D eigenvalue weighted by atomic mass is 16.1. The van der Waals surface area contributed by atoms with Crippen molar-refractivity contribution >= 4 is 5.78 Å². The molecule has 0 atom stereocenters. The Bertz CT molecular complexity index is 293. The Morgan fingerprint density at radius 1 is 1.12 bits per heavy atom. The van der Waals surface area contributed by atoms with Crippen LogP contribution >= 0.6 is 0 Å². The standard InChI is InChI=1S/C14H24N2O/c1-2-3-4-5-6-8-14(17)9-7-11-16-12-10-15-13-16/h10,12-13H,2-9,11H2,1H3. The third kappa shape index (κ3) is 6.93. The maximum Gasteiger partial charge on any atom is 0.132 e. The van der Waals surface area contributed by atoms with Gasteiger partial charge in [0, 0.05) is 31.8 Å². The van der Waals surface area contributed by atoms with Gasteiger partial charge in [0.15, 0.2) is 0 Å². The van der Waals surface area contributed by atoms with Crippen LogP contribution in [0.2, 0.25) is 0 Å². The molecule has 0 unspecified atom stereocenters. The Balaban J connectivity index is 1.94. The SMILES string of the molecule is CCCCCCCC(=O)CCCn1ccnc1. The topological polar surface area (TPSA) is 34.9 Å². The molecule has 1 aromatic heterocycles. The van der Waals surface area contributed by atoms with Crippen molar-refractivity contribution in [1.29, 1.82) is 0 Å². The van der Waals surface area contributed by atoms with Crippen molar-refractivity contribution in [3.63, 3.8) is 0 Å². The number of rotatable bonds is 10. The van der Waals surface area contributed by atoms with E-state index in [0.29, 0.717) is 12.2 Å². The lowest BCUT2D eigenvalue weighted by molar-refractivity contribution is -0.119. The van der Waals surface area contributed by atoms with Gasteiger partial charge in [-0.1, -0.05) is 32.6 Å². The molecule has 1 aromatic rings. The molecule has 0 aliphatic rings. The van der Waals surface area contributed by atoms with E-state index in [1.165, 1.54) is 25.7 Å². The maximum absolute atomic E-state index is 11.6. The number of imidazole rings is 1. The number of hydrogen-bond acceptors (Lipinski definition) is 2. The molecule has 0 N–H and O–H groups in total. The van der Waals surface area contributed by atoms with Crippen LogP contribution in [0.4, 0.5) is 0 Å². The fraction of sp³-hybridized carbons (Fsp3) is 0.714. The molecule has 17 heavy (non-hydrogen) atoms. The van der Waals surface area contributed by atoms with E-state index in [9.17, 15) is 4.79 Å². The van der Waals surface area contributed by atoms with E-state index in [0.717, 1.165) is 25.8 Å². The van der Waals surface area contributed by atoms with Crippen LogP contribution < -0.4 is 0 Å². The quantitative estimate of drug-likeness (QED) is 0.582. The van der Waals surface area contributed by atoms with E-state index in [-0.39, 0.29) is 0 Å². The maximum atomic E-state index is 11.6. The summed E-state index contributed by atoms with van der Waals surface area (Å²) in [6.07, 6.45) is 14.1. The molecule has 3 nitrogen and oxygen atoms in total. The highest BCUT2D eigenvalue weighted by Gasteiger charge is 2.01. The van der Waals surface area contributed by atoms with Gasteiger partial charge in [-0.2, -0.15) is 0 Å². The fourth-order valence-electron chi connectivity index (χ4n) is 1.93. The number of unbranched alkanes of at least 4 members (excludes halogenated alkanes) is 4. The molecule has 0 saturated heterocycles. The summed E-state index contributed by atoms with van der Waals surface area (Å²) in [6, 6.07) is 0. The van der Waals surface area contributed by atoms with Crippen molar-refractivity contribution in [3.05, 3.63) is 18.7 Å². The largest absolute Gasteiger partial charge is 0.337 e. The Labute approximate surface area is 104 Å². The number of carbonyl (C=O) groups excluding carboxylic acids is 1. The average Bonchev–Trinajstić information content (AvgIpc) is 2.82. The third-order valence-electron chi connectivity index (χ3n) is 2.99. The van der Waals surface area contributed by atoms with Crippen LogP contribution in [-0.2, 0) is 11.3 Å². The van der Waals surface area contributed by atoms with Gasteiger partial charge < -0.3 is 4.57 Å². The summed E-state index contributed by atoms with van der Waals surface area (Å²) in [4.78, 5) is 15.6. The molecular weight excluding hydrogens is 212 g/mol. The minimum atomic E-state index is 0.418. The Morgan fingerprint density at radius 2 is 1.88 bits per heavy atom. The predicted molar refractivity (Wildman–Crippen MR) is 69.8 cm³/mol. The minimum absolute atomic E-state index is 0.418. The van der Waals surface area contributed by atoms with E-state index in [1.54, 1.807) is 12.5 Å². The zero-order valence-corrected chi connectivity index (χ0v) is 10.9. The highest BCUT2D eigenvalue weighted by Crippen LogP contribution is 2.07. The minimum Gasteiger partial charge on any atom is -0.337 e. The van der Waals surface area contributed by atoms with E-state index in [4.69, 9.17) is 0 Å². The molecular formula is C14H24N2O. The second-order valence-corrected chi connectivity index (χ2v) is 4.61. The lowest BCUT2D eigenvalue weighted by Gasteiger charge is -2.02. The van der Waals surface area contributed by atoms with E-state index in [1.807, 2.05) is 10.8 Å². The second kappa shape index (κ2) is 8.97. The van der Waals surface area contributed by atoms with Gasteiger partial charge >= 0.3 is 0 Å². The van der Waals surface area contributed by atoms with Crippen LogP contribution in [0.3, 0.4) is 0 Å². The first-order valence-corrected chi connectivity index (χ1v) is 6.80. The van der Waals surface area contributed by atoms with Gasteiger partial charge in [0.25, 0.3) is 0 Å². The van der Waals surface area contributed by atoms with Gasteiger partial charge in [0.2, 0.25) is 0 Å². The summed E-state index contributed by atoms with van der Waals surface area (Å²) in [5, 5.41) is 0. The summed E-state index contributed by atoms with van der Waals surface area (Å²) < 4.78 is 2.02. The van der Waals surface area contributed by atoms with Crippen LogP contribution in [0.25, 0.3) is 0 Å². The number of Topliss-reactive ketones (excluding diaryl/α,β-unsaturated/α-hetero) is 1. The summed E-state index contributed by atoms with van der Waals surface area (Å²) >= 11 is 0. The van der Waals surface area contributed by atoms with Crippen molar-refractivity contribution in [1.82, 2.24) is 9.55 Å². The lowest BCUT2D eigenvalue weighted by atomic mass is 10.1. The number of ketones is 1. The Kier molecular flexibility index (Phi) is 7.35. The second-order valence-electron chi connectivity index (χ2n) is 4.61. The van der Waals surface area contributed by atoms with Gasteiger partial charge in [0.1, 0.15) is 5.78 Å². The molecule has 0 bridgehead atoms. The predicted octanol–water partition coefficient (Wildman–Crippen LogP) is 3.59. The molecule has 0 radical (unpaired) electrons. The average molecular weight is 236 g/mol. The number of aromatic nitrogens is 2. The number of hydrogen-bond donors (Lipinski definition) is 0. The van der Waals surface area contributed by atoms with Crippen molar-refractivity contribution in [2.75, 3.05) is 0 Å². The Hall–Kier alpha value is -1.12. The van der Waals surface area contributed by atoms with Crippen molar-refractivity contribution in [2.45, 2.75) is 64.8 Å². The first-order valence-electron chi connectivity index (χ1n) is 6.80. The molecule has 0 saturated carbocycles. The normalized spacial score (nSPS) is 10.6. The van der Waals surface area contributed by atoms with E-state index < -0.39 is 0 Å².